The molecule has 0 unspecified atom stereocenters. The number of anilines is 1. The molecule has 1 fully saturated rings. The van der Waals surface area contributed by atoms with E-state index >= 15 is 0 Å². The topological polar surface area (TPSA) is 75.1 Å². The van der Waals surface area contributed by atoms with E-state index in [1.165, 1.54) is 11.5 Å². The van der Waals surface area contributed by atoms with Gasteiger partial charge in [0.1, 0.15) is 11.4 Å². The van der Waals surface area contributed by atoms with Gasteiger partial charge in [-0.15, -0.1) is 0 Å². The Morgan fingerprint density at radius 1 is 1.47 bits per heavy atom. The molecule has 1 aliphatic rings. The van der Waals surface area contributed by atoms with Gasteiger partial charge in [-0.05, 0) is 12.8 Å². The first-order valence-electron chi connectivity index (χ1n) is 6.00. The standard InChI is InChI=1S/C11H17N3O2S/c1-2-8-12-10(17-14-8)13-11(9(15)16)6-4-3-5-7-11/h2-7H2,1H3,(H,15,16)(H,12,13,14). The van der Waals surface area contributed by atoms with Crippen molar-refractivity contribution < 1.29 is 9.90 Å². The van der Waals surface area contributed by atoms with Crippen LogP contribution in [0.15, 0.2) is 0 Å². The van der Waals surface area contributed by atoms with Crippen molar-refractivity contribution in [1.82, 2.24) is 9.36 Å². The SMILES string of the molecule is CCc1nsc(NC2(C(=O)O)CCCCC2)n1. The van der Waals surface area contributed by atoms with Crippen molar-refractivity contribution in [2.45, 2.75) is 51.0 Å². The van der Waals surface area contributed by atoms with Gasteiger partial charge in [0, 0.05) is 18.0 Å². The summed E-state index contributed by atoms with van der Waals surface area (Å²) in [5, 5.41) is 13.1. The van der Waals surface area contributed by atoms with Crippen LogP contribution >= 0.6 is 11.5 Å². The third-order valence-corrected chi connectivity index (χ3v) is 3.92. The number of hydrogen-bond acceptors (Lipinski definition) is 5. The number of hydrogen-bond donors (Lipinski definition) is 2. The monoisotopic (exact) mass is 255 g/mol. The molecule has 0 aliphatic heterocycles. The van der Waals surface area contributed by atoms with Crippen LogP contribution in [0.1, 0.15) is 44.9 Å². The molecule has 0 amide bonds. The number of carbonyl (C=O) groups is 1. The second-order valence-electron chi connectivity index (χ2n) is 4.44. The third kappa shape index (κ3) is 2.57. The van der Waals surface area contributed by atoms with Crippen LogP contribution in [0.25, 0.3) is 0 Å². The Kier molecular flexibility index (Phi) is 3.61. The molecule has 2 rings (SSSR count). The first-order valence-corrected chi connectivity index (χ1v) is 6.78. The van der Waals surface area contributed by atoms with Gasteiger partial charge in [-0.3, -0.25) is 0 Å². The van der Waals surface area contributed by atoms with Gasteiger partial charge in [-0.25, -0.2) is 9.78 Å². The summed E-state index contributed by atoms with van der Waals surface area (Å²) < 4.78 is 4.17. The van der Waals surface area contributed by atoms with E-state index in [1.54, 1.807) is 0 Å². The summed E-state index contributed by atoms with van der Waals surface area (Å²) in [5.74, 6) is -0.000651. The van der Waals surface area contributed by atoms with Gasteiger partial charge < -0.3 is 10.4 Å². The second kappa shape index (κ2) is 5.00. The summed E-state index contributed by atoms with van der Waals surface area (Å²) >= 11 is 1.25. The lowest BCUT2D eigenvalue weighted by molar-refractivity contribution is -0.143. The van der Waals surface area contributed by atoms with Crippen LogP contribution < -0.4 is 5.32 Å². The number of nitrogens with one attached hydrogen (secondary N) is 1. The van der Waals surface area contributed by atoms with Gasteiger partial charge in [0.2, 0.25) is 5.13 Å². The maximum absolute atomic E-state index is 11.5. The summed E-state index contributed by atoms with van der Waals surface area (Å²) in [6.07, 6.45) is 5.15. The van der Waals surface area contributed by atoms with Crippen molar-refractivity contribution in [3.63, 3.8) is 0 Å². The Balaban J connectivity index is 2.14. The molecule has 1 heterocycles. The van der Waals surface area contributed by atoms with Gasteiger partial charge in [0.05, 0.1) is 0 Å². The first-order chi connectivity index (χ1) is 8.16. The lowest BCUT2D eigenvalue weighted by Crippen LogP contribution is -2.47. The van der Waals surface area contributed by atoms with E-state index in [0.717, 1.165) is 31.5 Å². The zero-order valence-corrected chi connectivity index (χ0v) is 10.7. The molecule has 6 heteroatoms. The van der Waals surface area contributed by atoms with Crippen molar-refractivity contribution in [3.8, 4) is 0 Å². The van der Waals surface area contributed by atoms with Gasteiger partial charge in [-0.1, -0.05) is 26.2 Å². The largest absolute Gasteiger partial charge is 0.480 e. The number of nitrogens with zero attached hydrogens (tertiary/aromatic N) is 2. The number of aliphatic carboxylic acids is 1. The Labute approximate surface area is 104 Å². The van der Waals surface area contributed by atoms with Crippen LogP contribution in [0.2, 0.25) is 0 Å². The van der Waals surface area contributed by atoms with E-state index in [-0.39, 0.29) is 0 Å². The molecule has 0 bridgehead atoms. The first kappa shape index (κ1) is 12.3. The van der Waals surface area contributed by atoms with Crippen LogP contribution in [0.5, 0.6) is 0 Å². The molecule has 0 aromatic carbocycles. The predicted octanol–water partition coefficient (Wildman–Crippen LogP) is 2.30. The van der Waals surface area contributed by atoms with Crippen molar-refractivity contribution in [3.05, 3.63) is 5.82 Å². The highest BCUT2D eigenvalue weighted by atomic mass is 32.1. The number of aromatic nitrogens is 2. The summed E-state index contributed by atoms with van der Waals surface area (Å²) in [6, 6.07) is 0. The molecule has 0 radical (unpaired) electrons. The Bertz CT molecular complexity index is 399. The van der Waals surface area contributed by atoms with E-state index in [9.17, 15) is 9.90 Å². The van der Waals surface area contributed by atoms with Gasteiger partial charge in [0.15, 0.2) is 0 Å². The average Bonchev–Trinajstić information content (AvgIpc) is 2.77. The Morgan fingerprint density at radius 2 is 2.18 bits per heavy atom. The average molecular weight is 255 g/mol. The molecule has 94 valence electrons. The molecule has 0 spiro atoms. The molecular weight excluding hydrogens is 238 g/mol. The molecule has 2 N–H and O–H groups in total. The molecule has 17 heavy (non-hydrogen) atoms. The molecular formula is C11H17N3O2S. The highest BCUT2D eigenvalue weighted by molar-refractivity contribution is 7.09. The minimum absolute atomic E-state index is 0.631. The molecule has 1 aromatic heterocycles. The lowest BCUT2D eigenvalue weighted by atomic mass is 9.82. The van der Waals surface area contributed by atoms with Gasteiger partial charge in [-0.2, -0.15) is 4.37 Å². The van der Waals surface area contributed by atoms with E-state index in [1.807, 2.05) is 6.92 Å². The van der Waals surface area contributed by atoms with E-state index in [4.69, 9.17) is 0 Å². The fraction of sp³-hybridized carbons (Fsp3) is 0.727. The molecule has 5 nitrogen and oxygen atoms in total. The van der Waals surface area contributed by atoms with Crippen LogP contribution in [-0.2, 0) is 11.2 Å². The van der Waals surface area contributed by atoms with E-state index < -0.39 is 11.5 Å². The molecule has 1 aliphatic carbocycles. The normalized spacial score (nSPS) is 18.9. The number of rotatable bonds is 4. The summed E-state index contributed by atoms with van der Waals surface area (Å²) in [5.41, 5.74) is -0.831. The van der Waals surface area contributed by atoms with Crippen LogP contribution in [-0.4, -0.2) is 26.0 Å². The minimum Gasteiger partial charge on any atom is -0.480 e. The summed E-state index contributed by atoms with van der Waals surface area (Å²) in [7, 11) is 0. The zero-order valence-electron chi connectivity index (χ0n) is 9.90. The van der Waals surface area contributed by atoms with Crippen LogP contribution in [0, 0.1) is 0 Å². The summed E-state index contributed by atoms with van der Waals surface area (Å²) in [4.78, 5) is 15.7. The van der Waals surface area contributed by atoms with E-state index in [2.05, 4.69) is 14.7 Å². The zero-order chi connectivity index (χ0) is 12.3. The fourth-order valence-electron chi connectivity index (χ4n) is 2.20. The van der Waals surface area contributed by atoms with Crippen LogP contribution in [0.4, 0.5) is 5.13 Å². The van der Waals surface area contributed by atoms with Crippen LogP contribution in [0.3, 0.4) is 0 Å². The van der Waals surface area contributed by atoms with Crippen molar-refractivity contribution in [1.29, 1.82) is 0 Å². The molecule has 1 saturated carbocycles. The lowest BCUT2D eigenvalue weighted by Gasteiger charge is -2.33. The molecule has 0 saturated heterocycles. The van der Waals surface area contributed by atoms with Gasteiger partial charge >= 0.3 is 5.97 Å². The maximum atomic E-state index is 11.5. The minimum atomic E-state index is -0.831. The number of carboxylic acid groups (broad SMARTS) is 1. The second-order valence-corrected chi connectivity index (χ2v) is 5.19. The number of carboxylic acids is 1. The fourth-order valence-corrected chi connectivity index (χ4v) is 2.95. The highest BCUT2D eigenvalue weighted by Gasteiger charge is 2.40. The van der Waals surface area contributed by atoms with E-state index in [0.29, 0.717) is 18.0 Å². The summed E-state index contributed by atoms with van der Waals surface area (Å²) in [6.45, 7) is 1.99. The Hall–Kier alpha value is -1.17. The van der Waals surface area contributed by atoms with Crippen molar-refractivity contribution in [2.24, 2.45) is 0 Å². The quantitative estimate of drug-likeness (QED) is 0.863. The number of aryl methyl sites for hydroxylation is 1. The van der Waals surface area contributed by atoms with Crippen molar-refractivity contribution in [2.75, 3.05) is 5.32 Å². The third-order valence-electron chi connectivity index (χ3n) is 3.25. The maximum Gasteiger partial charge on any atom is 0.329 e. The van der Waals surface area contributed by atoms with Crippen molar-refractivity contribution >= 4 is 22.6 Å². The predicted molar refractivity (Wildman–Crippen MR) is 66.4 cm³/mol. The molecule has 1 aromatic rings. The van der Waals surface area contributed by atoms with Gasteiger partial charge in [0.25, 0.3) is 0 Å². The molecule has 0 atom stereocenters. The Morgan fingerprint density at radius 3 is 2.71 bits per heavy atom. The highest BCUT2D eigenvalue weighted by Crippen LogP contribution is 2.32. The smallest absolute Gasteiger partial charge is 0.329 e.